The van der Waals surface area contributed by atoms with Crippen LogP contribution < -0.4 is 5.73 Å². The molecule has 0 aromatic heterocycles. The Hall–Kier alpha value is -2.13. The van der Waals surface area contributed by atoms with Gasteiger partial charge in [-0.05, 0) is 42.6 Å². The molecule has 0 spiro atoms. The molecule has 2 rings (SSSR count). The Labute approximate surface area is 126 Å². The van der Waals surface area contributed by atoms with E-state index in [1.54, 1.807) is 4.90 Å². The van der Waals surface area contributed by atoms with Gasteiger partial charge < -0.3 is 10.6 Å². The third-order valence-corrected chi connectivity index (χ3v) is 3.56. The maximum Gasteiger partial charge on any atom is 0.253 e. The summed E-state index contributed by atoms with van der Waals surface area (Å²) >= 11 is 0. The van der Waals surface area contributed by atoms with E-state index in [-0.39, 0.29) is 5.91 Å². The minimum Gasteiger partial charge on any atom is -0.341 e. The van der Waals surface area contributed by atoms with Crippen LogP contribution in [0.5, 0.6) is 0 Å². The molecule has 0 saturated heterocycles. The molecule has 1 amide bonds. The number of nitrogens with zero attached hydrogens (tertiary/aromatic N) is 1. The molecule has 110 valence electrons. The summed E-state index contributed by atoms with van der Waals surface area (Å²) in [7, 11) is 1.85. The van der Waals surface area contributed by atoms with Crippen molar-refractivity contribution in [3.05, 3.63) is 71.3 Å². The summed E-state index contributed by atoms with van der Waals surface area (Å²) < 4.78 is 0. The molecule has 0 aliphatic carbocycles. The van der Waals surface area contributed by atoms with Crippen molar-refractivity contribution < 1.29 is 4.79 Å². The Bertz CT molecular complexity index is 564. The van der Waals surface area contributed by atoms with Gasteiger partial charge in [-0.25, -0.2) is 0 Å². The first-order valence-corrected chi connectivity index (χ1v) is 7.29. The minimum absolute atomic E-state index is 0.0604. The van der Waals surface area contributed by atoms with Gasteiger partial charge in [0.2, 0.25) is 0 Å². The van der Waals surface area contributed by atoms with Crippen molar-refractivity contribution in [3.63, 3.8) is 0 Å². The molecule has 0 atom stereocenters. The van der Waals surface area contributed by atoms with Crippen molar-refractivity contribution in [3.8, 4) is 0 Å². The molecule has 3 nitrogen and oxygen atoms in total. The van der Waals surface area contributed by atoms with Crippen molar-refractivity contribution in [1.29, 1.82) is 0 Å². The summed E-state index contributed by atoms with van der Waals surface area (Å²) in [6.07, 6.45) is 1.71. The van der Waals surface area contributed by atoms with Crippen LogP contribution in [0.2, 0.25) is 0 Å². The van der Waals surface area contributed by atoms with E-state index in [0.717, 1.165) is 18.4 Å². The number of nitrogens with two attached hydrogens (primary N) is 1. The van der Waals surface area contributed by atoms with Gasteiger partial charge >= 0.3 is 0 Å². The van der Waals surface area contributed by atoms with Gasteiger partial charge in [0, 0.05) is 19.2 Å². The number of amides is 1. The zero-order valence-electron chi connectivity index (χ0n) is 12.5. The first-order valence-electron chi connectivity index (χ1n) is 7.29. The maximum absolute atomic E-state index is 12.3. The van der Waals surface area contributed by atoms with E-state index in [0.29, 0.717) is 13.1 Å². The Balaban J connectivity index is 1.92. The maximum atomic E-state index is 12.3. The molecule has 2 aromatic rings. The fourth-order valence-electron chi connectivity index (χ4n) is 2.24. The molecule has 0 fully saturated rings. The molecular formula is C18H22N2O. The lowest BCUT2D eigenvalue weighted by molar-refractivity contribution is 0.0796. The highest BCUT2D eigenvalue weighted by atomic mass is 16.2. The highest BCUT2D eigenvalue weighted by molar-refractivity contribution is 5.94. The third-order valence-electron chi connectivity index (χ3n) is 3.56. The average molecular weight is 282 g/mol. The first kappa shape index (κ1) is 15.3. The average Bonchev–Trinajstić information content (AvgIpc) is 2.54. The number of hydrogen-bond acceptors (Lipinski definition) is 2. The number of hydrogen-bond donors (Lipinski definition) is 1. The predicted octanol–water partition coefficient (Wildman–Crippen LogP) is 2.50. The van der Waals surface area contributed by atoms with Crippen LogP contribution in [0.4, 0.5) is 0 Å². The fourth-order valence-corrected chi connectivity index (χ4v) is 2.24. The predicted molar refractivity (Wildman–Crippen MR) is 86.3 cm³/mol. The molecule has 0 radical (unpaired) electrons. The van der Waals surface area contributed by atoms with Crippen LogP contribution in [0, 0.1) is 0 Å². The topological polar surface area (TPSA) is 46.3 Å². The highest BCUT2D eigenvalue weighted by Crippen LogP contribution is 2.08. The van der Waals surface area contributed by atoms with Gasteiger partial charge in [0.25, 0.3) is 5.91 Å². The number of likely N-dealkylation sites (N-methyl/N-ethyl adjacent to an activating group) is 1. The van der Waals surface area contributed by atoms with E-state index >= 15 is 0 Å². The molecule has 0 aliphatic rings. The van der Waals surface area contributed by atoms with Gasteiger partial charge in [-0.1, -0.05) is 42.5 Å². The van der Waals surface area contributed by atoms with Gasteiger partial charge in [0.05, 0.1) is 0 Å². The number of carbonyl (C=O) groups excluding carboxylic acids is 1. The molecule has 0 bridgehead atoms. The molecule has 2 aromatic carbocycles. The highest BCUT2D eigenvalue weighted by Gasteiger charge is 2.11. The molecule has 21 heavy (non-hydrogen) atoms. The van der Waals surface area contributed by atoms with Gasteiger partial charge in [0.15, 0.2) is 0 Å². The van der Waals surface area contributed by atoms with E-state index in [2.05, 4.69) is 12.1 Å². The molecular weight excluding hydrogens is 260 g/mol. The van der Waals surface area contributed by atoms with Crippen molar-refractivity contribution in [2.75, 3.05) is 20.1 Å². The van der Waals surface area contributed by atoms with Crippen LogP contribution in [-0.4, -0.2) is 30.9 Å². The van der Waals surface area contributed by atoms with Crippen LogP contribution in [0.15, 0.2) is 54.6 Å². The minimum atomic E-state index is 0.0604. The molecule has 3 heteroatoms. The summed E-state index contributed by atoms with van der Waals surface area (Å²) in [6.45, 7) is 1.34. The van der Waals surface area contributed by atoms with E-state index in [1.165, 1.54) is 11.1 Å². The summed E-state index contributed by atoms with van der Waals surface area (Å²) in [4.78, 5) is 14.1. The second-order valence-electron chi connectivity index (χ2n) is 5.20. The van der Waals surface area contributed by atoms with E-state index in [9.17, 15) is 4.79 Å². The molecule has 0 heterocycles. The molecule has 2 N–H and O–H groups in total. The van der Waals surface area contributed by atoms with Gasteiger partial charge in [-0.15, -0.1) is 0 Å². The quantitative estimate of drug-likeness (QED) is 0.885. The Morgan fingerprint density at radius 3 is 2.19 bits per heavy atom. The number of carbonyl (C=O) groups is 1. The smallest absolute Gasteiger partial charge is 0.253 e. The second kappa shape index (κ2) is 7.60. The standard InChI is InChI=1S/C18H22N2O/c1-20(14-12-15-5-3-2-4-6-15)18(21)17-9-7-16(8-10-17)11-13-19/h2-10H,11-14,19H2,1H3. The summed E-state index contributed by atoms with van der Waals surface area (Å²) in [5.74, 6) is 0.0604. The SMILES string of the molecule is CN(CCc1ccccc1)C(=O)c1ccc(CCN)cc1. The Morgan fingerprint density at radius 2 is 1.57 bits per heavy atom. The molecule has 0 unspecified atom stereocenters. The second-order valence-corrected chi connectivity index (χ2v) is 5.20. The zero-order chi connectivity index (χ0) is 15.1. The third kappa shape index (κ3) is 4.43. The van der Waals surface area contributed by atoms with Crippen molar-refractivity contribution in [2.24, 2.45) is 5.73 Å². The van der Waals surface area contributed by atoms with Gasteiger partial charge in [-0.2, -0.15) is 0 Å². The van der Waals surface area contributed by atoms with Crippen molar-refractivity contribution >= 4 is 5.91 Å². The van der Waals surface area contributed by atoms with Gasteiger partial charge in [-0.3, -0.25) is 4.79 Å². The van der Waals surface area contributed by atoms with E-state index in [1.807, 2.05) is 49.5 Å². The fraction of sp³-hybridized carbons (Fsp3) is 0.278. The normalized spacial score (nSPS) is 10.4. The number of rotatable bonds is 6. The number of benzene rings is 2. The van der Waals surface area contributed by atoms with Crippen molar-refractivity contribution in [2.45, 2.75) is 12.8 Å². The Morgan fingerprint density at radius 1 is 0.952 bits per heavy atom. The summed E-state index contributed by atoms with van der Waals surface area (Å²) in [5, 5.41) is 0. The van der Waals surface area contributed by atoms with Gasteiger partial charge in [0.1, 0.15) is 0 Å². The van der Waals surface area contributed by atoms with Crippen LogP contribution in [0.25, 0.3) is 0 Å². The van der Waals surface area contributed by atoms with Crippen molar-refractivity contribution in [1.82, 2.24) is 4.90 Å². The monoisotopic (exact) mass is 282 g/mol. The summed E-state index contributed by atoms with van der Waals surface area (Å²) in [5.41, 5.74) is 8.67. The largest absolute Gasteiger partial charge is 0.341 e. The van der Waals surface area contributed by atoms with Crippen LogP contribution >= 0.6 is 0 Å². The first-order chi connectivity index (χ1) is 10.2. The molecule has 0 saturated carbocycles. The van der Waals surface area contributed by atoms with E-state index < -0.39 is 0 Å². The Kier molecular flexibility index (Phi) is 5.52. The van der Waals surface area contributed by atoms with E-state index in [4.69, 9.17) is 5.73 Å². The zero-order valence-corrected chi connectivity index (χ0v) is 12.5. The van der Waals surface area contributed by atoms with Crippen LogP contribution in [0.1, 0.15) is 21.5 Å². The van der Waals surface area contributed by atoms with Crippen LogP contribution in [0.3, 0.4) is 0 Å². The summed E-state index contributed by atoms with van der Waals surface area (Å²) in [6, 6.07) is 17.9. The lowest BCUT2D eigenvalue weighted by atomic mass is 10.1. The van der Waals surface area contributed by atoms with Crippen LogP contribution in [-0.2, 0) is 12.8 Å². The lowest BCUT2D eigenvalue weighted by Crippen LogP contribution is -2.28. The lowest BCUT2D eigenvalue weighted by Gasteiger charge is -2.17. The molecule has 0 aliphatic heterocycles.